The summed E-state index contributed by atoms with van der Waals surface area (Å²) in [6.45, 7) is 0. The number of pyridine rings is 1. The Balaban J connectivity index is 1.17. The zero-order chi connectivity index (χ0) is 36.4. The standard InChI is InChI=1S/C34H25F2N7O7S/c1-42-28-18-37-14-11-24(28)32(45)43(34(42)48)22-7-3-19(4-8-22)15-27(33(46)47)40-31(44)29-25(35)16-21(17-26(29)36)41-51(49,50)23-9-5-20(6-10-23)30-38-12-2-13-39-30/h2-14,16-18,27,41H,15H2,1H3,(H,40,44)(H,46,47)/t27-/m0/s1. The molecule has 0 aliphatic rings. The lowest BCUT2D eigenvalue weighted by atomic mass is 10.0. The predicted molar refractivity (Wildman–Crippen MR) is 180 cm³/mol. The van der Waals surface area contributed by atoms with Gasteiger partial charge in [-0.2, -0.15) is 0 Å². The number of sulfonamides is 1. The number of nitrogens with zero attached hydrogens (tertiary/aromatic N) is 5. The van der Waals surface area contributed by atoms with Gasteiger partial charge in [0.05, 0.1) is 33.4 Å². The van der Waals surface area contributed by atoms with Gasteiger partial charge in [-0.25, -0.2) is 41.3 Å². The monoisotopic (exact) mass is 713 g/mol. The first kappa shape index (κ1) is 34.3. The maximum Gasteiger partial charge on any atom is 0.335 e. The van der Waals surface area contributed by atoms with Gasteiger partial charge in [-0.1, -0.05) is 12.1 Å². The number of halogens is 2. The van der Waals surface area contributed by atoms with E-state index in [4.69, 9.17) is 0 Å². The van der Waals surface area contributed by atoms with Crippen LogP contribution in [-0.4, -0.2) is 55.5 Å². The van der Waals surface area contributed by atoms with Gasteiger partial charge in [-0.05, 0) is 66.2 Å². The second-order valence-corrected chi connectivity index (χ2v) is 12.8. The summed E-state index contributed by atoms with van der Waals surface area (Å²) >= 11 is 0. The highest BCUT2D eigenvalue weighted by atomic mass is 32.2. The summed E-state index contributed by atoms with van der Waals surface area (Å²) in [5, 5.41) is 12.1. The van der Waals surface area contributed by atoms with Crippen LogP contribution in [0.15, 0.2) is 112 Å². The van der Waals surface area contributed by atoms with E-state index in [1.807, 2.05) is 0 Å². The Morgan fingerprint density at radius 1 is 0.922 bits per heavy atom. The molecule has 14 nitrogen and oxygen atoms in total. The molecule has 3 aromatic carbocycles. The molecule has 0 saturated carbocycles. The number of aliphatic carboxylic acids is 1. The number of amides is 1. The molecule has 0 bridgehead atoms. The van der Waals surface area contributed by atoms with Crippen molar-refractivity contribution in [2.75, 3.05) is 4.72 Å². The lowest BCUT2D eigenvalue weighted by Crippen LogP contribution is -2.43. The topological polar surface area (TPSA) is 195 Å². The Bertz CT molecular complexity index is 2520. The molecule has 0 aliphatic heterocycles. The number of fused-ring (bicyclic) bond motifs is 1. The molecule has 0 fully saturated rings. The van der Waals surface area contributed by atoms with Gasteiger partial charge in [0.1, 0.15) is 23.2 Å². The van der Waals surface area contributed by atoms with Crippen LogP contribution in [0.5, 0.6) is 0 Å². The molecule has 6 rings (SSSR count). The summed E-state index contributed by atoms with van der Waals surface area (Å²) in [5.74, 6) is -5.46. The third kappa shape index (κ3) is 6.95. The minimum absolute atomic E-state index is 0.192. The smallest absolute Gasteiger partial charge is 0.335 e. The summed E-state index contributed by atoms with van der Waals surface area (Å²) in [6, 6.07) is 13.7. The van der Waals surface area contributed by atoms with E-state index >= 15 is 8.78 Å². The van der Waals surface area contributed by atoms with E-state index in [9.17, 15) is 32.7 Å². The van der Waals surface area contributed by atoms with Crippen LogP contribution in [0, 0.1) is 11.6 Å². The van der Waals surface area contributed by atoms with E-state index in [1.165, 1.54) is 91.0 Å². The Labute approximate surface area is 286 Å². The Kier molecular flexibility index (Phi) is 9.21. The van der Waals surface area contributed by atoms with Crippen LogP contribution in [0.25, 0.3) is 28.0 Å². The number of carbonyl (C=O) groups is 2. The molecule has 0 radical (unpaired) electrons. The fourth-order valence-electron chi connectivity index (χ4n) is 5.26. The third-order valence-electron chi connectivity index (χ3n) is 7.82. The number of nitrogens with one attached hydrogen (secondary N) is 2. The van der Waals surface area contributed by atoms with E-state index in [-0.39, 0.29) is 22.4 Å². The number of hydrogen-bond acceptors (Lipinski definition) is 9. The second kappa shape index (κ2) is 13.7. The van der Waals surface area contributed by atoms with Gasteiger partial charge in [0.2, 0.25) is 0 Å². The van der Waals surface area contributed by atoms with Crippen LogP contribution in [0.1, 0.15) is 15.9 Å². The van der Waals surface area contributed by atoms with Crippen molar-refractivity contribution in [1.29, 1.82) is 0 Å². The van der Waals surface area contributed by atoms with Gasteiger partial charge in [0, 0.05) is 37.6 Å². The molecular formula is C34H25F2N7O7S. The van der Waals surface area contributed by atoms with Crippen LogP contribution in [0.2, 0.25) is 0 Å². The Morgan fingerprint density at radius 3 is 2.20 bits per heavy atom. The average Bonchev–Trinajstić information content (AvgIpc) is 3.11. The summed E-state index contributed by atoms with van der Waals surface area (Å²) in [5.41, 5.74) is -1.48. The normalized spacial score (nSPS) is 12.0. The van der Waals surface area contributed by atoms with Crippen LogP contribution in [0.4, 0.5) is 14.5 Å². The molecule has 0 saturated heterocycles. The van der Waals surface area contributed by atoms with Crippen LogP contribution >= 0.6 is 0 Å². The van der Waals surface area contributed by atoms with Crippen molar-refractivity contribution in [1.82, 2.24) is 29.4 Å². The van der Waals surface area contributed by atoms with E-state index < -0.39 is 62.1 Å². The largest absolute Gasteiger partial charge is 0.480 e. The molecule has 0 aliphatic carbocycles. The van der Waals surface area contributed by atoms with Crippen molar-refractivity contribution in [2.45, 2.75) is 17.4 Å². The highest BCUT2D eigenvalue weighted by molar-refractivity contribution is 7.92. The number of rotatable bonds is 10. The summed E-state index contributed by atoms with van der Waals surface area (Å²) < 4.78 is 60.3. The molecule has 1 amide bonds. The van der Waals surface area contributed by atoms with E-state index in [0.717, 1.165) is 4.57 Å². The lowest BCUT2D eigenvalue weighted by molar-refractivity contribution is -0.139. The quantitative estimate of drug-likeness (QED) is 0.190. The molecule has 3 aromatic heterocycles. The van der Waals surface area contributed by atoms with Crippen molar-refractivity contribution < 1.29 is 31.9 Å². The molecule has 0 unspecified atom stereocenters. The summed E-state index contributed by atoms with van der Waals surface area (Å²) in [4.78, 5) is 62.9. The number of aryl methyl sites for hydroxylation is 1. The van der Waals surface area contributed by atoms with Crippen molar-refractivity contribution in [3.05, 3.63) is 141 Å². The van der Waals surface area contributed by atoms with Gasteiger partial charge in [0.15, 0.2) is 5.82 Å². The van der Waals surface area contributed by atoms with Gasteiger partial charge in [0.25, 0.3) is 21.5 Å². The number of carboxylic acid groups (broad SMARTS) is 1. The van der Waals surface area contributed by atoms with E-state index in [2.05, 4.69) is 25.0 Å². The number of carbonyl (C=O) groups excluding carboxylic acids is 1. The van der Waals surface area contributed by atoms with Crippen LogP contribution in [0.3, 0.4) is 0 Å². The first-order chi connectivity index (χ1) is 24.3. The molecule has 0 spiro atoms. The second-order valence-electron chi connectivity index (χ2n) is 11.1. The SMILES string of the molecule is Cn1c(=O)n(-c2ccc(C[C@H](NC(=O)c3c(F)cc(NS(=O)(=O)c4ccc(-c5ncccn5)cc4)cc3F)C(=O)O)cc2)c(=O)c2ccncc21. The van der Waals surface area contributed by atoms with Crippen LogP contribution < -0.4 is 21.3 Å². The number of aromatic nitrogens is 5. The summed E-state index contributed by atoms with van der Waals surface area (Å²) in [7, 11) is -2.84. The zero-order valence-corrected chi connectivity index (χ0v) is 27.1. The number of anilines is 1. The van der Waals surface area contributed by atoms with E-state index in [1.54, 1.807) is 6.07 Å². The molecule has 6 aromatic rings. The summed E-state index contributed by atoms with van der Waals surface area (Å²) in [6.07, 6.45) is 5.51. The molecule has 3 N–H and O–H groups in total. The molecule has 1 atom stereocenters. The first-order valence-electron chi connectivity index (χ1n) is 14.9. The molecule has 51 heavy (non-hydrogen) atoms. The maximum atomic E-state index is 15.1. The van der Waals surface area contributed by atoms with Crippen molar-refractivity contribution >= 4 is 38.5 Å². The predicted octanol–water partition coefficient (Wildman–Crippen LogP) is 3.05. The van der Waals surface area contributed by atoms with Gasteiger partial charge >= 0.3 is 11.7 Å². The number of benzene rings is 3. The van der Waals surface area contributed by atoms with Gasteiger partial charge in [-0.15, -0.1) is 0 Å². The minimum Gasteiger partial charge on any atom is -0.480 e. The average molecular weight is 714 g/mol. The Hall–Kier alpha value is -6.62. The van der Waals surface area contributed by atoms with Gasteiger partial charge in [-0.3, -0.25) is 23.9 Å². The molecule has 3 heterocycles. The fourth-order valence-corrected chi connectivity index (χ4v) is 6.30. The number of hydrogen-bond donors (Lipinski definition) is 3. The van der Waals surface area contributed by atoms with Crippen LogP contribution in [-0.2, 0) is 28.3 Å². The fraction of sp³-hybridized carbons (Fsp3) is 0.0882. The molecule has 258 valence electrons. The Morgan fingerprint density at radius 2 is 1.57 bits per heavy atom. The third-order valence-corrected chi connectivity index (χ3v) is 9.22. The van der Waals surface area contributed by atoms with Crippen molar-refractivity contribution in [2.24, 2.45) is 7.05 Å². The van der Waals surface area contributed by atoms with Crippen molar-refractivity contribution in [3.8, 4) is 17.1 Å². The molecule has 17 heteroatoms. The minimum atomic E-state index is -4.32. The lowest BCUT2D eigenvalue weighted by Gasteiger charge is -2.16. The van der Waals surface area contributed by atoms with Crippen molar-refractivity contribution in [3.63, 3.8) is 0 Å². The van der Waals surface area contributed by atoms with Gasteiger partial charge < -0.3 is 10.4 Å². The molecular weight excluding hydrogens is 688 g/mol. The highest BCUT2D eigenvalue weighted by Crippen LogP contribution is 2.24. The zero-order valence-electron chi connectivity index (χ0n) is 26.3. The highest BCUT2D eigenvalue weighted by Gasteiger charge is 2.27. The van der Waals surface area contributed by atoms with E-state index in [0.29, 0.717) is 34.6 Å². The maximum absolute atomic E-state index is 15.1. The first-order valence-corrected chi connectivity index (χ1v) is 16.4. The number of carboxylic acids is 1.